The van der Waals surface area contributed by atoms with E-state index in [1.165, 1.54) is 31.2 Å². The van der Waals surface area contributed by atoms with Gasteiger partial charge in [-0.1, -0.05) is 18.2 Å². The van der Waals surface area contributed by atoms with Crippen molar-refractivity contribution in [1.29, 1.82) is 0 Å². The Labute approximate surface area is 128 Å². The summed E-state index contributed by atoms with van der Waals surface area (Å²) in [4.78, 5) is 12.0. The van der Waals surface area contributed by atoms with Crippen LogP contribution in [0, 0.1) is 0 Å². The van der Waals surface area contributed by atoms with Crippen LogP contribution in [0.4, 0.5) is 5.69 Å². The van der Waals surface area contributed by atoms with Crippen molar-refractivity contribution in [3.05, 3.63) is 65.6 Å². The van der Waals surface area contributed by atoms with E-state index in [2.05, 4.69) is 0 Å². The van der Waals surface area contributed by atoms with Crippen molar-refractivity contribution in [3.63, 3.8) is 0 Å². The molecule has 2 aromatic carbocycles. The summed E-state index contributed by atoms with van der Waals surface area (Å²) in [6.07, 6.45) is 0. The first kappa shape index (κ1) is 15.8. The lowest BCUT2D eigenvalue weighted by atomic mass is 10.3. The smallest absolute Gasteiger partial charge is 0.339 e. The number of sulfone groups is 1. The van der Waals surface area contributed by atoms with Crippen molar-refractivity contribution >= 4 is 21.5 Å². The van der Waals surface area contributed by atoms with Crippen molar-refractivity contribution in [2.45, 2.75) is 11.8 Å². The predicted octanol–water partition coefficient (Wildman–Crippen LogP) is 2.55. The summed E-state index contributed by atoms with van der Waals surface area (Å²) in [6, 6.07) is 14.1. The van der Waals surface area contributed by atoms with Crippen LogP contribution in [-0.2, 0) is 14.6 Å². The fraction of sp³-hybridized carbons (Fsp3) is 0.0625. The Balaban J connectivity index is 2.18. The van der Waals surface area contributed by atoms with Crippen LogP contribution in [0.1, 0.15) is 6.92 Å². The van der Waals surface area contributed by atoms with Gasteiger partial charge in [-0.3, -0.25) is 0 Å². The maximum absolute atomic E-state index is 12.1. The Morgan fingerprint density at radius 3 is 2.23 bits per heavy atom. The van der Waals surface area contributed by atoms with Gasteiger partial charge in [0.1, 0.15) is 5.75 Å². The second-order valence-corrected chi connectivity index (χ2v) is 6.41. The molecule has 0 atom stereocenters. The molecule has 0 bridgehead atoms. The topological polar surface area (TPSA) is 86.5 Å². The van der Waals surface area contributed by atoms with Gasteiger partial charge in [-0.05, 0) is 43.3 Å². The van der Waals surface area contributed by atoms with E-state index in [1.54, 1.807) is 30.3 Å². The van der Waals surface area contributed by atoms with Crippen LogP contribution in [0.2, 0.25) is 0 Å². The first-order valence-corrected chi connectivity index (χ1v) is 7.99. The standard InChI is InChI=1S/C16H15NO4S/c1-12(11-22(19,20)15-5-3-2-4-6-15)16(18)21-14-9-7-13(17)8-10-14/h2-11H,17H2,1H3. The number of carbonyl (C=O) groups is 1. The molecule has 0 amide bonds. The van der Waals surface area contributed by atoms with Gasteiger partial charge in [0.25, 0.3) is 0 Å². The molecule has 22 heavy (non-hydrogen) atoms. The third-order valence-corrected chi connectivity index (χ3v) is 4.41. The van der Waals surface area contributed by atoms with Gasteiger partial charge in [0.2, 0.25) is 0 Å². The minimum Gasteiger partial charge on any atom is -0.423 e. The SMILES string of the molecule is CC(=CS(=O)(=O)c1ccccc1)C(=O)Oc1ccc(N)cc1. The average molecular weight is 317 g/mol. The molecule has 5 nitrogen and oxygen atoms in total. The minimum absolute atomic E-state index is 0.0133. The van der Waals surface area contributed by atoms with Crippen LogP contribution in [0.3, 0.4) is 0 Å². The van der Waals surface area contributed by atoms with Gasteiger partial charge < -0.3 is 10.5 Å². The van der Waals surface area contributed by atoms with E-state index >= 15 is 0 Å². The molecule has 0 spiro atoms. The summed E-state index contributed by atoms with van der Waals surface area (Å²) in [7, 11) is -3.69. The number of nitrogen functional groups attached to an aromatic ring is 1. The highest BCUT2D eigenvalue weighted by Crippen LogP contribution is 2.17. The molecule has 0 aliphatic heterocycles. The number of hydrogen-bond acceptors (Lipinski definition) is 5. The van der Waals surface area contributed by atoms with E-state index in [9.17, 15) is 13.2 Å². The van der Waals surface area contributed by atoms with Crippen LogP contribution in [0.5, 0.6) is 5.75 Å². The van der Waals surface area contributed by atoms with E-state index in [0.717, 1.165) is 5.41 Å². The van der Waals surface area contributed by atoms with Gasteiger partial charge in [-0.15, -0.1) is 0 Å². The third kappa shape index (κ3) is 3.95. The normalized spacial score (nSPS) is 12.0. The number of nitrogens with two attached hydrogens (primary N) is 1. The van der Waals surface area contributed by atoms with Crippen molar-refractivity contribution < 1.29 is 17.9 Å². The first-order chi connectivity index (χ1) is 10.4. The number of benzene rings is 2. The van der Waals surface area contributed by atoms with E-state index in [4.69, 9.17) is 10.5 Å². The molecule has 0 heterocycles. The Morgan fingerprint density at radius 1 is 1.05 bits per heavy atom. The molecule has 0 radical (unpaired) electrons. The Morgan fingerprint density at radius 2 is 1.64 bits per heavy atom. The molecule has 0 saturated heterocycles. The lowest BCUT2D eigenvalue weighted by molar-refractivity contribution is -0.130. The number of rotatable bonds is 4. The molecule has 2 N–H and O–H groups in total. The van der Waals surface area contributed by atoms with Crippen LogP contribution in [0.15, 0.2) is 70.5 Å². The van der Waals surface area contributed by atoms with E-state index < -0.39 is 15.8 Å². The fourth-order valence-electron chi connectivity index (χ4n) is 1.68. The predicted molar refractivity (Wildman–Crippen MR) is 83.9 cm³/mol. The summed E-state index contributed by atoms with van der Waals surface area (Å²) < 4.78 is 29.4. The van der Waals surface area contributed by atoms with E-state index in [0.29, 0.717) is 11.4 Å². The molecule has 0 aromatic heterocycles. The lowest BCUT2D eigenvalue weighted by Crippen LogP contribution is -2.11. The fourth-order valence-corrected chi connectivity index (χ4v) is 2.92. The Bertz CT molecular complexity index is 794. The molecule has 0 fully saturated rings. The van der Waals surface area contributed by atoms with Crippen LogP contribution in [-0.4, -0.2) is 14.4 Å². The largest absolute Gasteiger partial charge is 0.423 e. The summed E-state index contributed by atoms with van der Waals surface area (Å²) in [5, 5.41) is 0.905. The van der Waals surface area contributed by atoms with E-state index in [1.807, 2.05) is 0 Å². The van der Waals surface area contributed by atoms with Crippen molar-refractivity contribution in [1.82, 2.24) is 0 Å². The summed E-state index contributed by atoms with van der Waals surface area (Å²) in [5.74, 6) is -0.437. The average Bonchev–Trinajstić information content (AvgIpc) is 2.50. The zero-order valence-electron chi connectivity index (χ0n) is 11.9. The number of anilines is 1. The summed E-state index contributed by atoms with van der Waals surface area (Å²) >= 11 is 0. The minimum atomic E-state index is -3.69. The zero-order valence-corrected chi connectivity index (χ0v) is 12.7. The number of ether oxygens (including phenoxy) is 1. The molecule has 6 heteroatoms. The highest BCUT2D eigenvalue weighted by atomic mass is 32.2. The lowest BCUT2D eigenvalue weighted by Gasteiger charge is -2.05. The van der Waals surface area contributed by atoms with Crippen molar-refractivity contribution in [2.75, 3.05) is 5.73 Å². The second kappa shape index (κ2) is 6.44. The zero-order chi connectivity index (χ0) is 16.2. The van der Waals surface area contributed by atoms with Gasteiger partial charge in [0, 0.05) is 16.7 Å². The Kier molecular flexibility index (Phi) is 4.62. The third-order valence-electron chi connectivity index (χ3n) is 2.82. The molecule has 0 aliphatic carbocycles. The molecule has 114 valence electrons. The van der Waals surface area contributed by atoms with E-state index in [-0.39, 0.29) is 10.5 Å². The number of hydrogen-bond donors (Lipinski definition) is 1. The number of esters is 1. The Hall–Kier alpha value is -2.60. The second-order valence-electron chi connectivity index (χ2n) is 4.62. The maximum Gasteiger partial charge on any atom is 0.339 e. The van der Waals surface area contributed by atoms with Crippen molar-refractivity contribution in [2.24, 2.45) is 0 Å². The molecule has 2 rings (SSSR count). The quantitative estimate of drug-likeness (QED) is 0.405. The van der Waals surface area contributed by atoms with Gasteiger partial charge >= 0.3 is 5.97 Å². The highest BCUT2D eigenvalue weighted by molar-refractivity contribution is 7.94. The molecule has 2 aromatic rings. The van der Waals surface area contributed by atoms with Crippen molar-refractivity contribution in [3.8, 4) is 5.75 Å². The summed E-state index contributed by atoms with van der Waals surface area (Å²) in [6.45, 7) is 1.39. The number of carbonyl (C=O) groups excluding carboxylic acids is 1. The van der Waals surface area contributed by atoms with Crippen LogP contribution >= 0.6 is 0 Å². The van der Waals surface area contributed by atoms with Gasteiger partial charge in [-0.25, -0.2) is 13.2 Å². The monoisotopic (exact) mass is 317 g/mol. The molecule has 0 aliphatic rings. The van der Waals surface area contributed by atoms with Crippen LogP contribution in [0.25, 0.3) is 0 Å². The molecular formula is C16H15NO4S. The summed E-state index contributed by atoms with van der Waals surface area (Å²) in [5.41, 5.74) is 6.06. The van der Waals surface area contributed by atoms with Crippen LogP contribution < -0.4 is 10.5 Å². The molecular weight excluding hydrogens is 302 g/mol. The van der Waals surface area contributed by atoms with Gasteiger partial charge in [-0.2, -0.15) is 0 Å². The maximum atomic E-state index is 12.1. The first-order valence-electron chi connectivity index (χ1n) is 6.44. The van der Waals surface area contributed by atoms with Gasteiger partial charge in [0.15, 0.2) is 9.84 Å². The molecule has 0 saturated carbocycles. The van der Waals surface area contributed by atoms with Gasteiger partial charge in [0.05, 0.1) is 4.90 Å². The molecule has 0 unspecified atom stereocenters. The highest BCUT2D eigenvalue weighted by Gasteiger charge is 2.15.